The Kier molecular flexibility index (Phi) is 10.3. The first-order valence-electron chi connectivity index (χ1n) is 12.0. The van der Waals surface area contributed by atoms with E-state index in [0.717, 1.165) is 22.5 Å². The van der Waals surface area contributed by atoms with E-state index in [1.54, 1.807) is 0 Å². The topological polar surface area (TPSA) is 25.8 Å². The van der Waals surface area contributed by atoms with Gasteiger partial charge in [-0.3, -0.25) is 0 Å². The number of hydrogen-bond donors (Lipinski definition) is 0. The normalized spacial score (nSPS) is 11.1. The molecule has 0 aliphatic carbocycles. The molecule has 183 valence electrons. The molecule has 0 bridgehead atoms. The van der Waals surface area contributed by atoms with Crippen LogP contribution in [0.15, 0.2) is 116 Å². The molecule has 2 aromatic heterocycles. The van der Waals surface area contributed by atoms with Crippen LogP contribution in [0.5, 0.6) is 0 Å². The second-order valence-electron chi connectivity index (χ2n) is 8.79. The average molecular weight is 647 g/mol. The van der Waals surface area contributed by atoms with Gasteiger partial charge in [0.05, 0.1) is 0 Å². The van der Waals surface area contributed by atoms with Crippen molar-refractivity contribution < 1.29 is 20.1 Å². The van der Waals surface area contributed by atoms with Crippen LogP contribution in [0.1, 0.15) is 49.3 Å². The van der Waals surface area contributed by atoms with Crippen molar-refractivity contribution in [2.45, 2.75) is 32.6 Å². The second-order valence-corrected chi connectivity index (χ2v) is 8.79. The molecule has 0 aliphatic rings. The van der Waals surface area contributed by atoms with Gasteiger partial charge in [0.1, 0.15) is 0 Å². The molecular formula is C33H30IrN2-2. The zero-order valence-corrected chi connectivity index (χ0v) is 23.2. The van der Waals surface area contributed by atoms with Crippen LogP contribution < -0.4 is 0 Å². The first-order chi connectivity index (χ1) is 17.1. The van der Waals surface area contributed by atoms with Gasteiger partial charge in [0.25, 0.3) is 0 Å². The Hall–Kier alpha value is -3.39. The van der Waals surface area contributed by atoms with E-state index in [0.29, 0.717) is 11.8 Å². The fourth-order valence-corrected chi connectivity index (χ4v) is 3.86. The van der Waals surface area contributed by atoms with Gasteiger partial charge in [-0.15, -0.1) is 71.3 Å². The van der Waals surface area contributed by atoms with Crippen molar-refractivity contribution in [3.63, 3.8) is 0 Å². The standard InChI is InChI=1S/C19H16N.C14H14N.Ir/c1-15(16-8-3-2-4-9-16)17-10-7-11-18(14-17)19-12-5-6-13-20-19;1-11(2)13-8-9-15-14(10-13)12-6-4-3-5-7-12;/h2-10,12-15H,1H3;3-6,8-11H,1-2H3;/q2*-1;. The van der Waals surface area contributed by atoms with Gasteiger partial charge in [0.2, 0.25) is 0 Å². The van der Waals surface area contributed by atoms with Gasteiger partial charge in [-0.05, 0) is 40.9 Å². The summed E-state index contributed by atoms with van der Waals surface area (Å²) in [5, 5.41) is 0. The summed E-state index contributed by atoms with van der Waals surface area (Å²) in [6, 6.07) is 41.4. The largest absolute Gasteiger partial charge is 0.305 e. The number of rotatable bonds is 5. The molecule has 36 heavy (non-hydrogen) atoms. The number of hydrogen-bond acceptors (Lipinski definition) is 2. The summed E-state index contributed by atoms with van der Waals surface area (Å²) >= 11 is 0. The summed E-state index contributed by atoms with van der Waals surface area (Å²) in [5.74, 6) is 0.906. The van der Waals surface area contributed by atoms with Gasteiger partial charge in [-0.1, -0.05) is 74.9 Å². The van der Waals surface area contributed by atoms with E-state index in [-0.39, 0.29) is 20.1 Å². The third-order valence-corrected chi connectivity index (χ3v) is 6.00. The van der Waals surface area contributed by atoms with E-state index in [1.807, 2.05) is 67.0 Å². The minimum atomic E-state index is 0. The maximum Gasteiger partial charge on any atom is 0.0163 e. The predicted molar refractivity (Wildman–Crippen MR) is 145 cm³/mol. The van der Waals surface area contributed by atoms with Gasteiger partial charge in [-0.25, -0.2) is 0 Å². The van der Waals surface area contributed by atoms with Crippen molar-refractivity contribution >= 4 is 0 Å². The van der Waals surface area contributed by atoms with Crippen LogP contribution in [-0.2, 0) is 20.1 Å². The number of benzene rings is 3. The van der Waals surface area contributed by atoms with Gasteiger partial charge < -0.3 is 9.97 Å². The molecule has 0 spiro atoms. The van der Waals surface area contributed by atoms with Crippen molar-refractivity contribution in [1.82, 2.24) is 9.97 Å². The molecule has 1 unspecified atom stereocenters. The SMILES string of the molecule is CC(C)c1ccnc(-c2[c-]cccc2)c1.CC(c1ccccc1)c1cc[c-]c(-c2ccccn2)c1.[Ir]. The molecule has 2 heterocycles. The zero-order chi connectivity index (χ0) is 24.5. The maximum absolute atomic E-state index is 4.39. The molecule has 1 radical (unpaired) electrons. The summed E-state index contributed by atoms with van der Waals surface area (Å²) in [7, 11) is 0. The Morgan fingerprint density at radius 1 is 0.556 bits per heavy atom. The van der Waals surface area contributed by atoms with Crippen molar-refractivity contribution in [2.75, 3.05) is 0 Å². The van der Waals surface area contributed by atoms with Crippen LogP contribution in [0, 0.1) is 12.1 Å². The van der Waals surface area contributed by atoms with Crippen molar-refractivity contribution in [3.8, 4) is 22.5 Å². The van der Waals surface area contributed by atoms with Crippen LogP contribution in [0.3, 0.4) is 0 Å². The smallest absolute Gasteiger partial charge is 0.0163 e. The molecule has 5 rings (SSSR count). The Labute approximate surface area is 228 Å². The summed E-state index contributed by atoms with van der Waals surface area (Å²) in [6.45, 7) is 6.61. The number of aromatic nitrogens is 2. The van der Waals surface area contributed by atoms with Crippen LogP contribution in [0.2, 0.25) is 0 Å². The fraction of sp³-hybridized carbons (Fsp3) is 0.152. The van der Waals surface area contributed by atoms with Crippen LogP contribution >= 0.6 is 0 Å². The average Bonchev–Trinajstić information content (AvgIpc) is 2.94. The number of pyridine rings is 2. The van der Waals surface area contributed by atoms with Crippen LogP contribution in [0.25, 0.3) is 22.5 Å². The summed E-state index contributed by atoms with van der Waals surface area (Å²) < 4.78 is 0. The third kappa shape index (κ3) is 7.31. The van der Waals surface area contributed by atoms with Gasteiger partial charge in [-0.2, -0.15) is 0 Å². The van der Waals surface area contributed by atoms with Crippen molar-refractivity contribution in [2.24, 2.45) is 0 Å². The fourth-order valence-electron chi connectivity index (χ4n) is 3.86. The van der Waals surface area contributed by atoms with Crippen LogP contribution in [0.4, 0.5) is 0 Å². The first-order valence-corrected chi connectivity index (χ1v) is 12.0. The Morgan fingerprint density at radius 2 is 1.28 bits per heavy atom. The summed E-state index contributed by atoms with van der Waals surface area (Å²) in [4.78, 5) is 8.75. The van der Waals surface area contributed by atoms with Gasteiger partial charge in [0.15, 0.2) is 0 Å². The molecule has 0 saturated carbocycles. The molecule has 2 nitrogen and oxygen atoms in total. The molecule has 1 atom stereocenters. The minimum Gasteiger partial charge on any atom is -0.305 e. The molecule has 0 amide bonds. The Morgan fingerprint density at radius 3 is 1.97 bits per heavy atom. The molecule has 5 aromatic rings. The van der Waals surface area contributed by atoms with Crippen molar-refractivity contribution in [1.29, 1.82) is 0 Å². The Balaban J connectivity index is 0.000000203. The predicted octanol–water partition coefficient (Wildman–Crippen LogP) is 8.37. The molecule has 0 N–H and O–H groups in total. The molecular weight excluding hydrogens is 617 g/mol. The quantitative estimate of drug-likeness (QED) is 0.179. The summed E-state index contributed by atoms with van der Waals surface area (Å²) in [6.07, 6.45) is 3.68. The van der Waals surface area contributed by atoms with E-state index in [4.69, 9.17) is 0 Å². The molecule has 0 fully saturated rings. The third-order valence-electron chi connectivity index (χ3n) is 6.00. The first kappa shape index (κ1) is 27.2. The molecule has 3 heteroatoms. The number of nitrogens with zero attached hydrogens (tertiary/aromatic N) is 2. The summed E-state index contributed by atoms with van der Waals surface area (Å²) in [5.41, 5.74) is 8.00. The maximum atomic E-state index is 4.39. The molecule has 3 aromatic carbocycles. The van der Waals surface area contributed by atoms with Crippen LogP contribution in [-0.4, -0.2) is 9.97 Å². The molecule has 0 saturated heterocycles. The Bertz CT molecular complexity index is 1320. The van der Waals surface area contributed by atoms with E-state index < -0.39 is 0 Å². The minimum absolute atomic E-state index is 0. The monoisotopic (exact) mass is 647 g/mol. The zero-order valence-electron chi connectivity index (χ0n) is 20.9. The van der Waals surface area contributed by atoms with E-state index in [9.17, 15) is 0 Å². The second kappa shape index (κ2) is 13.6. The van der Waals surface area contributed by atoms with E-state index in [2.05, 4.69) is 91.4 Å². The van der Waals surface area contributed by atoms with E-state index >= 15 is 0 Å². The van der Waals surface area contributed by atoms with Gasteiger partial charge in [0, 0.05) is 32.5 Å². The molecule has 0 aliphatic heterocycles. The van der Waals surface area contributed by atoms with Crippen molar-refractivity contribution in [3.05, 3.63) is 144 Å². The van der Waals surface area contributed by atoms with E-state index in [1.165, 1.54) is 16.7 Å². The van der Waals surface area contributed by atoms with Gasteiger partial charge >= 0.3 is 0 Å².